The van der Waals surface area contributed by atoms with E-state index in [1.165, 1.54) is 4.90 Å². The number of anilines is 1. The van der Waals surface area contributed by atoms with Gasteiger partial charge in [0.1, 0.15) is 5.75 Å². The number of carbonyl (C=O) groups excluding carboxylic acids is 4. The molecule has 2 fully saturated rings. The third kappa shape index (κ3) is 5.25. The molecule has 1 aliphatic heterocycles. The van der Waals surface area contributed by atoms with Crippen molar-refractivity contribution in [2.45, 2.75) is 46.1 Å². The van der Waals surface area contributed by atoms with E-state index in [2.05, 4.69) is 6.92 Å². The molecule has 1 saturated heterocycles. The van der Waals surface area contributed by atoms with Crippen LogP contribution < -0.4 is 9.64 Å². The molecule has 4 atom stereocenters. The van der Waals surface area contributed by atoms with Gasteiger partial charge >= 0.3 is 5.97 Å². The van der Waals surface area contributed by atoms with Gasteiger partial charge in [-0.2, -0.15) is 0 Å². The van der Waals surface area contributed by atoms with Crippen molar-refractivity contribution >= 4 is 40.2 Å². The number of Topliss-reactive ketones (excluding diaryl/α,β-unsaturated/α-hetero) is 1. The molecule has 4 unspecified atom stereocenters. The van der Waals surface area contributed by atoms with Gasteiger partial charge in [-0.3, -0.25) is 19.3 Å². The maximum atomic E-state index is 13.5. The molecule has 2 aliphatic rings. The van der Waals surface area contributed by atoms with Gasteiger partial charge in [-0.05, 0) is 87.1 Å². The molecule has 2 amide bonds. The van der Waals surface area contributed by atoms with Crippen LogP contribution in [-0.4, -0.2) is 41.8 Å². The van der Waals surface area contributed by atoms with Crippen molar-refractivity contribution in [3.05, 3.63) is 89.5 Å². The summed E-state index contributed by atoms with van der Waals surface area (Å²) >= 11 is 0. The van der Waals surface area contributed by atoms with Crippen LogP contribution in [0.25, 0.3) is 22.2 Å². The van der Waals surface area contributed by atoms with E-state index >= 15 is 0 Å². The first-order valence-electron chi connectivity index (χ1n) is 14.9. The summed E-state index contributed by atoms with van der Waals surface area (Å²) in [5.41, 5.74) is 3.98. The minimum absolute atomic E-state index is 0.123. The number of aryl methyl sites for hydroxylation is 1. The highest BCUT2D eigenvalue weighted by Crippen LogP contribution is 2.42. The predicted molar refractivity (Wildman–Crippen MR) is 167 cm³/mol. The molecule has 8 nitrogen and oxygen atoms in total. The zero-order chi connectivity index (χ0) is 31.1. The van der Waals surface area contributed by atoms with E-state index in [-0.39, 0.29) is 35.0 Å². The molecule has 44 heavy (non-hydrogen) atoms. The van der Waals surface area contributed by atoms with E-state index in [1.54, 1.807) is 74.7 Å². The van der Waals surface area contributed by atoms with Crippen LogP contribution in [0.3, 0.4) is 0 Å². The van der Waals surface area contributed by atoms with E-state index < -0.39 is 12.1 Å². The zero-order valence-corrected chi connectivity index (χ0v) is 25.2. The Morgan fingerprint density at radius 2 is 1.64 bits per heavy atom. The number of rotatable bonds is 7. The summed E-state index contributed by atoms with van der Waals surface area (Å²) < 4.78 is 10.8. The number of nitrogens with zero attached hydrogens (tertiary/aromatic N) is 2. The predicted octanol–water partition coefficient (Wildman–Crippen LogP) is 6.57. The fourth-order valence-corrected chi connectivity index (χ4v) is 6.40. The lowest BCUT2D eigenvalue weighted by Gasteiger charge is -2.25. The number of carbonyl (C=O) groups is 4. The van der Waals surface area contributed by atoms with Crippen LogP contribution >= 0.6 is 0 Å². The standard InChI is InChI=1S/C36H34N2O6/c1-20-8-17-28-29(18-20)35(41)38(34(28)40)25-13-9-23(10-14-25)31-19-30(27-7-5-6-21(2)32(27)37-31)36(42)44-22(3)33(39)24-11-15-26(43-4)16-12-24/h5-7,9-16,19-20,22,28-29H,8,17-18H2,1-4H3. The van der Waals surface area contributed by atoms with Crippen LogP contribution in [-0.2, 0) is 14.3 Å². The van der Waals surface area contributed by atoms with Gasteiger partial charge in [0.2, 0.25) is 17.6 Å². The Bertz CT molecular complexity index is 1780. The van der Waals surface area contributed by atoms with Crippen molar-refractivity contribution in [2.75, 3.05) is 12.0 Å². The Hall–Kier alpha value is -4.85. The number of methoxy groups -OCH3 is 1. The maximum absolute atomic E-state index is 13.5. The molecule has 1 aliphatic carbocycles. The van der Waals surface area contributed by atoms with Gasteiger partial charge in [0.15, 0.2) is 6.10 Å². The summed E-state index contributed by atoms with van der Waals surface area (Å²) in [5.74, 6) is -0.643. The second kappa shape index (κ2) is 11.7. The summed E-state index contributed by atoms with van der Waals surface area (Å²) in [5, 5.41) is 0.615. The number of imide groups is 1. The van der Waals surface area contributed by atoms with E-state index in [4.69, 9.17) is 14.5 Å². The smallest absolute Gasteiger partial charge is 0.339 e. The van der Waals surface area contributed by atoms with Crippen LogP contribution in [0.15, 0.2) is 72.8 Å². The second-order valence-electron chi connectivity index (χ2n) is 11.9. The minimum Gasteiger partial charge on any atom is -0.497 e. The van der Waals surface area contributed by atoms with Gasteiger partial charge in [-0.15, -0.1) is 0 Å². The van der Waals surface area contributed by atoms with Crippen LogP contribution in [0.2, 0.25) is 0 Å². The number of ketones is 1. The number of pyridine rings is 1. The number of para-hydroxylation sites is 1. The summed E-state index contributed by atoms with van der Waals surface area (Å²) in [6, 6.07) is 21.0. The molecule has 2 heterocycles. The number of fused-ring (bicyclic) bond motifs is 2. The van der Waals surface area contributed by atoms with Gasteiger partial charge in [-0.1, -0.05) is 37.3 Å². The molecule has 1 aromatic heterocycles. The van der Waals surface area contributed by atoms with Gasteiger partial charge in [0.05, 0.1) is 41.4 Å². The Morgan fingerprint density at radius 3 is 2.34 bits per heavy atom. The Labute approximate surface area is 256 Å². The summed E-state index contributed by atoms with van der Waals surface area (Å²) in [6.07, 6.45) is 1.43. The number of hydrogen-bond donors (Lipinski definition) is 0. The lowest BCUT2D eigenvalue weighted by molar-refractivity contribution is -0.122. The van der Waals surface area contributed by atoms with Crippen LogP contribution in [0.4, 0.5) is 5.69 Å². The van der Waals surface area contributed by atoms with Gasteiger partial charge in [-0.25, -0.2) is 9.78 Å². The monoisotopic (exact) mass is 590 g/mol. The molecule has 0 spiro atoms. The fraction of sp³-hybridized carbons (Fsp3) is 0.306. The van der Waals surface area contributed by atoms with Crippen molar-refractivity contribution in [1.29, 1.82) is 0 Å². The number of benzene rings is 3. The van der Waals surface area contributed by atoms with E-state index in [0.29, 0.717) is 45.1 Å². The molecule has 0 bridgehead atoms. The van der Waals surface area contributed by atoms with Crippen molar-refractivity contribution in [3.8, 4) is 17.0 Å². The number of ether oxygens (including phenoxy) is 2. The lowest BCUT2D eigenvalue weighted by atomic mass is 9.76. The van der Waals surface area contributed by atoms with Crippen molar-refractivity contribution in [1.82, 2.24) is 4.98 Å². The maximum Gasteiger partial charge on any atom is 0.339 e. The van der Waals surface area contributed by atoms with Gasteiger partial charge < -0.3 is 9.47 Å². The lowest BCUT2D eigenvalue weighted by Crippen LogP contribution is -2.30. The second-order valence-corrected chi connectivity index (χ2v) is 11.9. The van der Waals surface area contributed by atoms with Crippen molar-refractivity contribution in [3.63, 3.8) is 0 Å². The SMILES string of the molecule is COc1ccc(C(=O)C(C)OC(=O)c2cc(-c3ccc(N4C(=O)C5CCC(C)CC5C4=O)cc3)nc3c(C)cccc23)cc1. The molecule has 3 aromatic carbocycles. The van der Waals surface area contributed by atoms with E-state index in [9.17, 15) is 19.2 Å². The average molecular weight is 591 g/mol. The third-order valence-electron chi connectivity index (χ3n) is 8.90. The van der Waals surface area contributed by atoms with Gasteiger partial charge in [0, 0.05) is 16.5 Å². The number of esters is 1. The Kier molecular flexibility index (Phi) is 7.76. The fourth-order valence-electron chi connectivity index (χ4n) is 6.40. The molecule has 1 saturated carbocycles. The summed E-state index contributed by atoms with van der Waals surface area (Å²) in [4.78, 5) is 59.2. The number of aromatic nitrogens is 1. The molecule has 8 heteroatoms. The Balaban J connectivity index is 1.28. The van der Waals surface area contributed by atoms with Crippen LogP contribution in [0.5, 0.6) is 5.75 Å². The minimum atomic E-state index is -1.02. The first-order chi connectivity index (χ1) is 21.2. The Morgan fingerprint density at radius 1 is 0.932 bits per heavy atom. The largest absolute Gasteiger partial charge is 0.497 e. The molecular weight excluding hydrogens is 556 g/mol. The normalized spacial score (nSPS) is 20.4. The zero-order valence-electron chi connectivity index (χ0n) is 25.2. The highest BCUT2D eigenvalue weighted by Gasteiger charge is 2.49. The first kappa shape index (κ1) is 29.2. The van der Waals surface area contributed by atoms with Crippen LogP contribution in [0.1, 0.15) is 59.4 Å². The summed E-state index contributed by atoms with van der Waals surface area (Å²) in [7, 11) is 1.55. The molecule has 224 valence electrons. The van der Waals surface area contributed by atoms with Crippen molar-refractivity contribution < 1.29 is 28.7 Å². The molecule has 0 radical (unpaired) electrons. The van der Waals surface area contributed by atoms with E-state index in [0.717, 1.165) is 24.8 Å². The molecule has 0 N–H and O–H groups in total. The molecular formula is C36H34N2O6. The highest BCUT2D eigenvalue weighted by atomic mass is 16.5. The van der Waals surface area contributed by atoms with E-state index in [1.807, 2.05) is 19.1 Å². The highest BCUT2D eigenvalue weighted by molar-refractivity contribution is 6.22. The number of hydrogen-bond acceptors (Lipinski definition) is 7. The average Bonchev–Trinajstić information content (AvgIpc) is 3.28. The van der Waals surface area contributed by atoms with Crippen molar-refractivity contribution in [2.24, 2.45) is 17.8 Å². The topological polar surface area (TPSA) is 103 Å². The quantitative estimate of drug-likeness (QED) is 0.136. The number of amides is 2. The van der Waals surface area contributed by atoms with Crippen LogP contribution in [0, 0.1) is 24.7 Å². The molecule has 6 rings (SSSR count). The third-order valence-corrected chi connectivity index (χ3v) is 8.90. The summed E-state index contributed by atoms with van der Waals surface area (Å²) in [6.45, 7) is 5.60. The first-order valence-corrected chi connectivity index (χ1v) is 14.9. The molecule has 4 aromatic rings. The van der Waals surface area contributed by atoms with Gasteiger partial charge in [0.25, 0.3) is 0 Å².